The normalized spacial score (nSPS) is 10.0. The molecule has 0 atom stereocenters. The summed E-state index contributed by atoms with van der Waals surface area (Å²) in [6, 6.07) is 8.53. The Morgan fingerprint density at radius 2 is 1.85 bits per heavy atom. The summed E-state index contributed by atoms with van der Waals surface area (Å²) in [5.74, 6) is -2.17. The fourth-order valence-electron chi connectivity index (χ4n) is 1.73. The van der Waals surface area contributed by atoms with E-state index in [-0.39, 0.29) is 17.8 Å². The molecule has 0 aliphatic heterocycles. The van der Waals surface area contributed by atoms with Gasteiger partial charge in [-0.1, -0.05) is 6.07 Å². The highest BCUT2D eigenvalue weighted by molar-refractivity contribution is 5.59. The van der Waals surface area contributed by atoms with Gasteiger partial charge in [-0.15, -0.1) is 0 Å². The van der Waals surface area contributed by atoms with Crippen LogP contribution in [0.3, 0.4) is 0 Å². The van der Waals surface area contributed by atoms with Crippen LogP contribution in [-0.2, 0) is 6.54 Å². The van der Waals surface area contributed by atoms with E-state index in [9.17, 15) is 19.7 Å². The zero-order valence-electron chi connectivity index (χ0n) is 10.3. The Morgan fingerprint density at radius 1 is 1.10 bits per heavy atom. The van der Waals surface area contributed by atoms with Crippen molar-refractivity contribution >= 4 is 5.69 Å². The average Bonchev–Trinajstić information content (AvgIpc) is 2.44. The summed E-state index contributed by atoms with van der Waals surface area (Å²) in [7, 11) is 0. The van der Waals surface area contributed by atoms with Crippen molar-refractivity contribution in [3.63, 3.8) is 0 Å². The maximum absolute atomic E-state index is 13.4. The number of nitrogens with one attached hydrogen (secondary N) is 1. The number of hydrogen-bond acceptors (Lipinski definition) is 5. The number of benzene rings is 2. The summed E-state index contributed by atoms with van der Waals surface area (Å²) in [5, 5.41) is 39.9. The van der Waals surface area contributed by atoms with Crippen LogP contribution in [0.25, 0.3) is 0 Å². The number of rotatable bonds is 3. The predicted molar refractivity (Wildman–Crippen MR) is 69.9 cm³/mol. The van der Waals surface area contributed by atoms with Crippen molar-refractivity contribution in [1.82, 2.24) is 0 Å². The molecule has 0 unspecified atom stereocenters. The Labute approximate surface area is 114 Å². The highest BCUT2D eigenvalue weighted by Gasteiger charge is 2.12. The van der Waals surface area contributed by atoms with Gasteiger partial charge in [0.2, 0.25) is 5.75 Å². The first kappa shape index (κ1) is 13.5. The topological polar surface area (TPSA) is 96.5 Å². The molecule has 2 rings (SSSR count). The molecule has 0 bridgehead atoms. The summed E-state index contributed by atoms with van der Waals surface area (Å²) in [4.78, 5) is 0. The van der Waals surface area contributed by atoms with Gasteiger partial charge >= 0.3 is 0 Å². The quantitative estimate of drug-likeness (QED) is 0.644. The molecule has 6 heteroatoms. The molecule has 0 heterocycles. The summed E-state index contributed by atoms with van der Waals surface area (Å²) >= 11 is 0. The zero-order valence-corrected chi connectivity index (χ0v) is 10.3. The van der Waals surface area contributed by atoms with Crippen molar-refractivity contribution < 1.29 is 19.7 Å². The van der Waals surface area contributed by atoms with Gasteiger partial charge in [-0.05, 0) is 24.3 Å². The molecule has 0 fully saturated rings. The van der Waals surface area contributed by atoms with Crippen molar-refractivity contribution in [2.75, 3.05) is 5.32 Å². The van der Waals surface area contributed by atoms with Gasteiger partial charge in [0.05, 0.1) is 5.69 Å². The van der Waals surface area contributed by atoms with E-state index in [0.29, 0.717) is 5.56 Å². The lowest BCUT2D eigenvalue weighted by molar-refractivity contribution is 0.365. The van der Waals surface area contributed by atoms with Gasteiger partial charge in [0.25, 0.3) is 0 Å². The maximum Gasteiger partial charge on any atom is 0.200 e. The van der Waals surface area contributed by atoms with E-state index in [1.165, 1.54) is 30.3 Å². The predicted octanol–water partition coefficient (Wildman–Crippen LogP) is 2.43. The highest BCUT2D eigenvalue weighted by Crippen LogP contribution is 2.37. The SMILES string of the molecule is N#Cc1c(F)cccc1NCc1ccc(O)c(O)c1O. The number of phenolic OH excluding ortho intramolecular Hbond substituents is 3. The van der Waals surface area contributed by atoms with Crippen LogP contribution in [0, 0.1) is 17.1 Å². The van der Waals surface area contributed by atoms with E-state index in [1.54, 1.807) is 6.07 Å². The summed E-state index contributed by atoms with van der Waals surface area (Å²) in [6.45, 7) is 0.0534. The molecule has 0 aliphatic rings. The van der Waals surface area contributed by atoms with Crippen LogP contribution in [0.2, 0.25) is 0 Å². The second-order valence-corrected chi connectivity index (χ2v) is 4.07. The third-order valence-corrected chi connectivity index (χ3v) is 2.81. The number of nitrogens with zero attached hydrogens (tertiary/aromatic N) is 1. The van der Waals surface area contributed by atoms with Gasteiger partial charge in [0, 0.05) is 12.1 Å². The van der Waals surface area contributed by atoms with Gasteiger partial charge in [0.15, 0.2) is 11.5 Å². The Hall–Kier alpha value is -2.94. The Morgan fingerprint density at radius 3 is 2.55 bits per heavy atom. The number of hydrogen-bond donors (Lipinski definition) is 4. The molecule has 0 spiro atoms. The van der Waals surface area contributed by atoms with E-state index in [4.69, 9.17) is 5.26 Å². The average molecular weight is 274 g/mol. The van der Waals surface area contributed by atoms with Crippen molar-refractivity contribution in [3.05, 3.63) is 47.3 Å². The molecule has 5 nitrogen and oxygen atoms in total. The molecule has 0 amide bonds. The molecule has 2 aromatic rings. The monoisotopic (exact) mass is 274 g/mol. The molecular formula is C14H11FN2O3. The van der Waals surface area contributed by atoms with Gasteiger partial charge in [-0.25, -0.2) is 4.39 Å². The summed E-state index contributed by atoms with van der Waals surface area (Å²) in [6.07, 6.45) is 0. The highest BCUT2D eigenvalue weighted by atomic mass is 19.1. The lowest BCUT2D eigenvalue weighted by atomic mass is 10.1. The van der Waals surface area contributed by atoms with Crippen molar-refractivity contribution in [1.29, 1.82) is 5.26 Å². The van der Waals surface area contributed by atoms with E-state index in [1.807, 2.05) is 0 Å². The Balaban J connectivity index is 2.24. The molecule has 0 saturated carbocycles. The second-order valence-electron chi connectivity index (χ2n) is 4.07. The Bertz CT molecular complexity index is 696. The molecule has 20 heavy (non-hydrogen) atoms. The number of halogens is 1. The minimum absolute atomic E-state index is 0.0534. The minimum Gasteiger partial charge on any atom is -0.504 e. The molecule has 0 radical (unpaired) electrons. The Kier molecular flexibility index (Phi) is 3.62. The number of anilines is 1. The standard InChI is InChI=1S/C14H11FN2O3/c15-10-2-1-3-11(9(10)6-16)17-7-8-4-5-12(18)14(20)13(8)19/h1-5,17-20H,7H2. The first-order valence-electron chi connectivity index (χ1n) is 5.70. The fraction of sp³-hybridized carbons (Fsp3) is 0.0714. The number of aromatic hydroxyl groups is 3. The smallest absolute Gasteiger partial charge is 0.200 e. The van der Waals surface area contributed by atoms with E-state index < -0.39 is 23.1 Å². The van der Waals surface area contributed by atoms with E-state index >= 15 is 0 Å². The van der Waals surface area contributed by atoms with Crippen LogP contribution in [0.4, 0.5) is 10.1 Å². The van der Waals surface area contributed by atoms with Gasteiger partial charge in [0.1, 0.15) is 17.4 Å². The van der Waals surface area contributed by atoms with Crippen LogP contribution in [0.15, 0.2) is 30.3 Å². The van der Waals surface area contributed by atoms with Crippen molar-refractivity contribution in [2.45, 2.75) is 6.54 Å². The van der Waals surface area contributed by atoms with Crippen LogP contribution < -0.4 is 5.32 Å². The number of nitriles is 1. The number of phenols is 3. The fourth-order valence-corrected chi connectivity index (χ4v) is 1.73. The van der Waals surface area contributed by atoms with Crippen LogP contribution in [-0.4, -0.2) is 15.3 Å². The molecule has 4 N–H and O–H groups in total. The van der Waals surface area contributed by atoms with Crippen LogP contribution in [0.1, 0.15) is 11.1 Å². The first-order chi connectivity index (χ1) is 9.54. The molecule has 0 saturated heterocycles. The molecule has 2 aromatic carbocycles. The third-order valence-electron chi connectivity index (χ3n) is 2.81. The van der Waals surface area contributed by atoms with Gasteiger partial charge < -0.3 is 20.6 Å². The van der Waals surface area contributed by atoms with Crippen molar-refractivity contribution in [3.8, 4) is 23.3 Å². The van der Waals surface area contributed by atoms with E-state index in [2.05, 4.69) is 5.32 Å². The zero-order chi connectivity index (χ0) is 14.7. The molecular weight excluding hydrogens is 263 g/mol. The van der Waals surface area contributed by atoms with Crippen LogP contribution >= 0.6 is 0 Å². The lowest BCUT2D eigenvalue weighted by Crippen LogP contribution is -2.02. The summed E-state index contributed by atoms with van der Waals surface area (Å²) in [5.41, 5.74) is 0.447. The van der Waals surface area contributed by atoms with Gasteiger partial charge in [-0.2, -0.15) is 5.26 Å². The largest absolute Gasteiger partial charge is 0.504 e. The van der Waals surface area contributed by atoms with E-state index in [0.717, 1.165) is 0 Å². The second kappa shape index (κ2) is 5.36. The first-order valence-corrected chi connectivity index (χ1v) is 5.70. The molecule has 102 valence electrons. The minimum atomic E-state index is -0.643. The third kappa shape index (κ3) is 2.42. The molecule has 0 aromatic heterocycles. The molecule has 0 aliphatic carbocycles. The lowest BCUT2D eigenvalue weighted by Gasteiger charge is -2.11. The maximum atomic E-state index is 13.4. The van der Waals surface area contributed by atoms with Gasteiger partial charge in [-0.3, -0.25) is 0 Å². The summed E-state index contributed by atoms with van der Waals surface area (Å²) < 4.78 is 13.4. The van der Waals surface area contributed by atoms with Crippen molar-refractivity contribution in [2.24, 2.45) is 0 Å². The van der Waals surface area contributed by atoms with Crippen LogP contribution in [0.5, 0.6) is 17.2 Å².